The van der Waals surface area contributed by atoms with E-state index in [1.54, 1.807) is 6.07 Å². The molecule has 20 heavy (non-hydrogen) atoms. The predicted octanol–water partition coefficient (Wildman–Crippen LogP) is 0.0648. The Morgan fingerprint density at radius 1 is 1.45 bits per heavy atom. The zero-order valence-corrected chi connectivity index (χ0v) is 12.6. The smallest absolute Gasteiger partial charge is 0.274 e. The fourth-order valence-corrected chi connectivity index (χ4v) is 2.75. The summed E-state index contributed by atoms with van der Waals surface area (Å²) in [5, 5.41) is 12.0. The molecule has 0 saturated heterocycles. The third kappa shape index (κ3) is 5.22. The summed E-state index contributed by atoms with van der Waals surface area (Å²) in [5.74, 6) is 0.547. The summed E-state index contributed by atoms with van der Waals surface area (Å²) in [6.07, 6.45) is 0.989. The minimum absolute atomic E-state index is 0.0847. The zero-order chi connectivity index (χ0) is 15.0. The molecule has 1 unspecified atom stereocenters. The van der Waals surface area contributed by atoms with Gasteiger partial charge in [-0.3, -0.25) is 0 Å². The predicted molar refractivity (Wildman–Crippen MR) is 73.8 cm³/mol. The van der Waals surface area contributed by atoms with Crippen LogP contribution in [0.3, 0.4) is 0 Å². The van der Waals surface area contributed by atoms with Crippen LogP contribution in [-0.4, -0.2) is 46.4 Å². The Morgan fingerprint density at radius 3 is 2.80 bits per heavy atom. The van der Waals surface area contributed by atoms with Crippen LogP contribution < -0.4 is 10.0 Å². The van der Waals surface area contributed by atoms with E-state index in [2.05, 4.69) is 10.0 Å². The van der Waals surface area contributed by atoms with Crippen molar-refractivity contribution in [2.45, 2.75) is 31.0 Å². The van der Waals surface area contributed by atoms with Crippen LogP contribution in [0.2, 0.25) is 0 Å². The fourth-order valence-electron chi connectivity index (χ4n) is 1.59. The number of aliphatic hydroxyl groups excluding tert-OH is 1. The molecule has 0 fully saturated rings. The van der Waals surface area contributed by atoms with Crippen molar-refractivity contribution >= 4 is 10.0 Å². The van der Waals surface area contributed by atoms with E-state index in [0.717, 1.165) is 13.0 Å². The van der Waals surface area contributed by atoms with E-state index in [1.165, 1.54) is 13.2 Å². The van der Waals surface area contributed by atoms with Gasteiger partial charge in [0, 0.05) is 7.11 Å². The van der Waals surface area contributed by atoms with E-state index in [9.17, 15) is 8.42 Å². The number of furan rings is 1. The number of hydrogen-bond acceptors (Lipinski definition) is 6. The number of aliphatic hydroxyl groups is 1. The molecular formula is C12H22N2O5S. The molecular weight excluding hydrogens is 284 g/mol. The maximum Gasteiger partial charge on any atom is 0.274 e. The summed E-state index contributed by atoms with van der Waals surface area (Å²) in [6.45, 7) is 3.09. The van der Waals surface area contributed by atoms with Gasteiger partial charge in [0.15, 0.2) is 0 Å². The van der Waals surface area contributed by atoms with E-state index in [4.69, 9.17) is 14.3 Å². The van der Waals surface area contributed by atoms with Crippen molar-refractivity contribution in [2.75, 3.05) is 26.9 Å². The molecule has 1 heterocycles. The van der Waals surface area contributed by atoms with Crippen LogP contribution in [0.25, 0.3) is 0 Å². The van der Waals surface area contributed by atoms with Gasteiger partial charge in [0.05, 0.1) is 25.8 Å². The van der Waals surface area contributed by atoms with Crippen molar-refractivity contribution in [1.29, 1.82) is 0 Å². The second-order valence-corrected chi connectivity index (χ2v) is 6.00. The molecule has 0 aromatic carbocycles. The highest BCUT2D eigenvalue weighted by atomic mass is 32.2. The highest BCUT2D eigenvalue weighted by Crippen LogP contribution is 2.14. The Balaban J connectivity index is 2.67. The number of ether oxygens (including phenoxy) is 1. The first-order valence-electron chi connectivity index (χ1n) is 6.45. The lowest BCUT2D eigenvalue weighted by molar-refractivity contribution is 0.138. The minimum atomic E-state index is -3.79. The monoisotopic (exact) mass is 306 g/mol. The Labute approximate surface area is 119 Å². The van der Waals surface area contributed by atoms with E-state index >= 15 is 0 Å². The molecule has 0 aliphatic heterocycles. The van der Waals surface area contributed by atoms with Crippen LogP contribution in [0.1, 0.15) is 19.1 Å². The number of rotatable bonds is 10. The molecule has 0 aliphatic rings. The SMILES string of the molecule is CCCNCc1ccc(S(=O)(=O)NC(CO)COC)o1. The minimum Gasteiger partial charge on any atom is -0.447 e. The van der Waals surface area contributed by atoms with Gasteiger partial charge < -0.3 is 19.6 Å². The maximum absolute atomic E-state index is 12.0. The summed E-state index contributed by atoms with van der Waals surface area (Å²) in [6, 6.07) is 2.31. The van der Waals surface area contributed by atoms with Gasteiger partial charge in [-0.15, -0.1) is 0 Å². The second-order valence-electron chi connectivity index (χ2n) is 4.35. The van der Waals surface area contributed by atoms with Crippen molar-refractivity contribution in [2.24, 2.45) is 0 Å². The Hall–Kier alpha value is -0.930. The lowest BCUT2D eigenvalue weighted by atomic mass is 10.4. The molecule has 1 atom stereocenters. The molecule has 116 valence electrons. The first-order chi connectivity index (χ1) is 9.53. The lowest BCUT2D eigenvalue weighted by Gasteiger charge is -2.13. The number of methoxy groups -OCH3 is 1. The molecule has 0 bridgehead atoms. The quantitative estimate of drug-likeness (QED) is 0.529. The lowest BCUT2D eigenvalue weighted by Crippen LogP contribution is -2.40. The Bertz CT molecular complexity index is 486. The Kier molecular flexibility index (Phi) is 7.17. The first-order valence-corrected chi connectivity index (χ1v) is 7.93. The summed E-state index contributed by atoms with van der Waals surface area (Å²) in [7, 11) is -2.36. The summed E-state index contributed by atoms with van der Waals surface area (Å²) in [4.78, 5) is 0. The maximum atomic E-state index is 12.0. The topological polar surface area (TPSA) is 101 Å². The number of hydrogen-bond donors (Lipinski definition) is 3. The molecule has 8 heteroatoms. The van der Waals surface area contributed by atoms with Gasteiger partial charge in [-0.25, -0.2) is 13.1 Å². The first kappa shape index (κ1) is 17.1. The number of nitrogens with one attached hydrogen (secondary N) is 2. The largest absolute Gasteiger partial charge is 0.447 e. The average Bonchev–Trinajstić information content (AvgIpc) is 2.88. The molecule has 7 nitrogen and oxygen atoms in total. The van der Waals surface area contributed by atoms with Gasteiger partial charge in [0.2, 0.25) is 5.09 Å². The van der Waals surface area contributed by atoms with Gasteiger partial charge in [0.1, 0.15) is 5.76 Å². The third-order valence-corrected chi connectivity index (χ3v) is 3.93. The van der Waals surface area contributed by atoms with Crippen molar-refractivity contribution in [3.63, 3.8) is 0 Å². The van der Waals surface area contributed by atoms with Crippen LogP contribution in [0, 0.1) is 0 Å². The molecule has 0 spiro atoms. The van der Waals surface area contributed by atoms with Gasteiger partial charge in [0.25, 0.3) is 10.0 Å². The van der Waals surface area contributed by atoms with Crippen molar-refractivity contribution in [3.8, 4) is 0 Å². The van der Waals surface area contributed by atoms with Crippen molar-refractivity contribution < 1.29 is 22.7 Å². The fraction of sp³-hybridized carbons (Fsp3) is 0.667. The molecule has 0 saturated carbocycles. The highest BCUT2D eigenvalue weighted by Gasteiger charge is 2.22. The molecule has 0 aliphatic carbocycles. The molecule has 0 amide bonds. The standard InChI is InChI=1S/C12H22N2O5S/c1-3-6-13-7-11-4-5-12(19-11)20(16,17)14-10(8-15)9-18-2/h4-5,10,13-15H,3,6-9H2,1-2H3. The zero-order valence-electron chi connectivity index (χ0n) is 11.8. The van der Waals surface area contributed by atoms with Gasteiger partial charge in [-0.2, -0.15) is 0 Å². The highest BCUT2D eigenvalue weighted by molar-refractivity contribution is 7.89. The molecule has 1 rings (SSSR count). The van der Waals surface area contributed by atoms with Crippen LogP contribution in [0.15, 0.2) is 21.6 Å². The van der Waals surface area contributed by atoms with Gasteiger partial charge in [-0.05, 0) is 25.1 Å². The van der Waals surface area contributed by atoms with Crippen LogP contribution >= 0.6 is 0 Å². The van der Waals surface area contributed by atoms with Gasteiger partial charge >= 0.3 is 0 Å². The van der Waals surface area contributed by atoms with Gasteiger partial charge in [-0.1, -0.05) is 6.92 Å². The van der Waals surface area contributed by atoms with E-state index in [0.29, 0.717) is 12.3 Å². The molecule has 1 aromatic rings. The molecule has 0 radical (unpaired) electrons. The second kappa shape index (κ2) is 8.38. The van der Waals surface area contributed by atoms with Crippen LogP contribution in [0.4, 0.5) is 0 Å². The normalized spacial score (nSPS) is 13.6. The van der Waals surface area contributed by atoms with E-state index < -0.39 is 16.1 Å². The number of sulfonamides is 1. The average molecular weight is 306 g/mol. The van der Waals surface area contributed by atoms with Crippen molar-refractivity contribution in [3.05, 3.63) is 17.9 Å². The third-order valence-electron chi connectivity index (χ3n) is 2.54. The molecule has 1 aromatic heterocycles. The van der Waals surface area contributed by atoms with Crippen molar-refractivity contribution in [1.82, 2.24) is 10.0 Å². The van der Waals surface area contributed by atoms with Crippen LogP contribution in [0.5, 0.6) is 0 Å². The summed E-state index contributed by atoms with van der Waals surface area (Å²) in [5.41, 5.74) is 0. The van der Waals surface area contributed by atoms with E-state index in [-0.39, 0.29) is 18.3 Å². The summed E-state index contributed by atoms with van der Waals surface area (Å²) < 4.78 is 36.5. The molecule has 3 N–H and O–H groups in total. The van der Waals surface area contributed by atoms with Crippen LogP contribution in [-0.2, 0) is 21.3 Å². The Morgan fingerprint density at radius 2 is 2.20 bits per heavy atom. The van der Waals surface area contributed by atoms with E-state index in [1.807, 2.05) is 6.92 Å². The summed E-state index contributed by atoms with van der Waals surface area (Å²) >= 11 is 0.